The Morgan fingerprint density at radius 1 is 1.24 bits per heavy atom. The van der Waals surface area contributed by atoms with Crippen molar-refractivity contribution in [1.29, 1.82) is 0 Å². The topological polar surface area (TPSA) is 67.5 Å². The number of hydrogen-bond acceptors (Lipinski definition) is 6. The molecule has 1 aliphatic rings. The zero-order chi connectivity index (χ0) is 15.5. The first-order valence-electron chi connectivity index (χ1n) is 7.61. The van der Waals surface area contributed by atoms with Crippen molar-refractivity contribution < 1.29 is 4.74 Å². The highest BCUT2D eigenvalue weighted by Gasteiger charge is 2.29. The van der Waals surface area contributed by atoms with E-state index in [1.165, 1.54) is 0 Å². The lowest BCUT2D eigenvalue weighted by Gasteiger charge is -2.43. The molecule has 1 aromatic rings. The van der Waals surface area contributed by atoms with E-state index in [1.54, 1.807) is 12.4 Å². The zero-order valence-electron chi connectivity index (χ0n) is 13.5. The fourth-order valence-electron chi connectivity index (χ4n) is 2.46. The molecule has 0 aliphatic carbocycles. The molecule has 0 unspecified atom stereocenters. The van der Waals surface area contributed by atoms with Crippen LogP contribution in [0.4, 0.5) is 5.82 Å². The molecule has 118 valence electrons. The van der Waals surface area contributed by atoms with Crippen molar-refractivity contribution in [1.82, 2.24) is 14.9 Å². The van der Waals surface area contributed by atoms with Gasteiger partial charge in [-0.15, -0.1) is 0 Å². The SMILES string of the molecule is CC(C)Oc1cncc(N2CCN(C(C)(C)CN)CC2)n1. The summed E-state index contributed by atoms with van der Waals surface area (Å²) >= 11 is 0. The first-order valence-corrected chi connectivity index (χ1v) is 7.61. The van der Waals surface area contributed by atoms with Gasteiger partial charge in [-0.1, -0.05) is 0 Å². The predicted octanol–water partition coefficient (Wildman–Crippen LogP) is 1.12. The molecule has 1 aliphatic heterocycles. The summed E-state index contributed by atoms with van der Waals surface area (Å²) < 4.78 is 5.61. The van der Waals surface area contributed by atoms with Crippen LogP contribution in [0.1, 0.15) is 27.7 Å². The number of piperazine rings is 1. The molecular weight excluding hydrogens is 266 g/mol. The predicted molar refractivity (Wildman–Crippen MR) is 84.7 cm³/mol. The van der Waals surface area contributed by atoms with Crippen molar-refractivity contribution >= 4 is 5.82 Å². The molecule has 1 aromatic heterocycles. The molecule has 2 N–H and O–H groups in total. The largest absolute Gasteiger partial charge is 0.474 e. The molecule has 0 amide bonds. The van der Waals surface area contributed by atoms with E-state index >= 15 is 0 Å². The van der Waals surface area contributed by atoms with Crippen molar-refractivity contribution in [2.45, 2.75) is 39.3 Å². The van der Waals surface area contributed by atoms with Gasteiger partial charge in [0.2, 0.25) is 5.88 Å². The minimum atomic E-state index is 0.0559. The summed E-state index contributed by atoms with van der Waals surface area (Å²) in [6.07, 6.45) is 3.57. The Morgan fingerprint density at radius 3 is 2.48 bits per heavy atom. The van der Waals surface area contributed by atoms with Crippen molar-refractivity contribution in [2.24, 2.45) is 5.73 Å². The quantitative estimate of drug-likeness (QED) is 0.877. The monoisotopic (exact) mass is 293 g/mol. The second kappa shape index (κ2) is 6.58. The normalized spacial score (nSPS) is 17.3. The van der Waals surface area contributed by atoms with Crippen LogP contribution < -0.4 is 15.4 Å². The molecule has 0 bridgehead atoms. The first-order chi connectivity index (χ1) is 9.92. The Balaban J connectivity index is 1.99. The molecule has 21 heavy (non-hydrogen) atoms. The van der Waals surface area contributed by atoms with Gasteiger partial charge in [0, 0.05) is 38.3 Å². The van der Waals surface area contributed by atoms with Gasteiger partial charge in [-0.05, 0) is 27.7 Å². The highest BCUT2D eigenvalue weighted by molar-refractivity contribution is 5.38. The summed E-state index contributed by atoms with van der Waals surface area (Å²) in [7, 11) is 0. The van der Waals surface area contributed by atoms with Crippen LogP contribution in [-0.4, -0.2) is 59.2 Å². The van der Waals surface area contributed by atoms with Gasteiger partial charge in [-0.3, -0.25) is 9.88 Å². The third-order valence-corrected chi connectivity index (χ3v) is 3.92. The smallest absolute Gasteiger partial charge is 0.234 e. The third-order valence-electron chi connectivity index (χ3n) is 3.92. The van der Waals surface area contributed by atoms with Crippen LogP contribution in [0.25, 0.3) is 0 Å². The van der Waals surface area contributed by atoms with Crippen molar-refractivity contribution in [3.05, 3.63) is 12.4 Å². The van der Waals surface area contributed by atoms with Gasteiger partial charge in [-0.2, -0.15) is 4.98 Å². The number of aromatic nitrogens is 2. The zero-order valence-corrected chi connectivity index (χ0v) is 13.5. The van der Waals surface area contributed by atoms with Gasteiger partial charge in [-0.25, -0.2) is 0 Å². The molecule has 0 aromatic carbocycles. The van der Waals surface area contributed by atoms with Crippen LogP contribution in [-0.2, 0) is 0 Å². The van der Waals surface area contributed by atoms with Crippen LogP contribution in [0.3, 0.4) is 0 Å². The molecule has 0 spiro atoms. The minimum Gasteiger partial charge on any atom is -0.474 e. The highest BCUT2D eigenvalue weighted by atomic mass is 16.5. The van der Waals surface area contributed by atoms with E-state index in [4.69, 9.17) is 10.5 Å². The van der Waals surface area contributed by atoms with Gasteiger partial charge in [0.1, 0.15) is 0 Å². The van der Waals surface area contributed by atoms with Gasteiger partial charge in [0.25, 0.3) is 0 Å². The third kappa shape index (κ3) is 4.04. The minimum absolute atomic E-state index is 0.0559. The summed E-state index contributed by atoms with van der Waals surface area (Å²) in [6, 6.07) is 0. The molecule has 1 fully saturated rings. The number of nitrogens with zero attached hydrogens (tertiary/aromatic N) is 4. The molecule has 1 saturated heterocycles. The van der Waals surface area contributed by atoms with E-state index in [1.807, 2.05) is 13.8 Å². The maximum atomic E-state index is 5.85. The van der Waals surface area contributed by atoms with Crippen LogP contribution >= 0.6 is 0 Å². The molecule has 0 radical (unpaired) electrons. The standard InChI is InChI=1S/C15H27N5O/c1-12(2)21-14-10-17-9-13(18-14)19-5-7-20(8-6-19)15(3,4)11-16/h9-10,12H,5-8,11,16H2,1-4H3. The number of hydrogen-bond donors (Lipinski definition) is 1. The van der Waals surface area contributed by atoms with Crippen molar-refractivity contribution in [3.63, 3.8) is 0 Å². The lowest BCUT2D eigenvalue weighted by Crippen LogP contribution is -2.57. The number of rotatable bonds is 5. The molecule has 6 heteroatoms. The van der Waals surface area contributed by atoms with Crippen molar-refractivity contribution in [2.75, 3.05) is 37.6 Å². The van der Waals surface area contributed by atoms with Gasteiger partial charge >= 0.3 is 0 Å². The molecule has 0 saturated carbocycles. The van der Waals surface area contributed by atoms with Gasteiger partial charge < -0.3 is 15.4 Å². The van der Waals surface area contributed by atoms with E-state index in [0.29, 0.717) is 12.4 Å². The Labute approximate surface area is 127 Å². The van der Waals surface area contributed by atoms with Crippen LogP contribution in [0.2, 0.25) is 0 Å². The second-order valence-corrected chi connectivity index (χ2v) is 6.37. The average molecular weight is 293 g/mol. The second-order valence-electron chi connectivity index (χ2n) is 6.37. The Bertz CT molecular complexity index is 455. The van der Waals surface area contributed by atoms with Crippen molar-refractivity contribution in [3.8, 4) is 5.88 Å². The summed E-state index contributed by atoms with van der Waals surface area (Å²) in [5.41, 5.74) is 5.91. The Kier molecular flexibility index (Phi) is 5.00. The Morgan fingerprint density at radius 2 is 1.90 bits per heavy atom. The highest BCUT2D eigenvalue weighted by Crippen LogP contribution is 2.20. The molecular formula is C15H27N5O. The lowest BCUT2D eigenvalue weighted by atomic mass is 10.0. The molecule has 2 rings (SSSR count). The maximum Gasteiger partial charge on any atom is 0.234 e. The summed E-state index contributed by atoms with van der Waals surface area (Å²) in [5.74, 6) is 1.48. The fourth-order valence-corrected chi connectivity index (χ4v) is 2.46. The number of ether oxygens (including phenoxy) is 1. The van der Waals surface area contributed by atoms with Crippen LogP contribution in [0.15, 0.2) is 12.4 Å². The lowest BCUT2D eigenvalue weighted by molar-refractivity contribution is 0.119. The van der Waals surface area contributed by atoms with E-state index in [9.17, 15) is 0 Å². The van der Waals surface area contributed by atoms with Crippen LogP contribution in [0, 0.1) is 0 Å². The Hall–Kier alpha value is -1.40. The molecule has 6 nitrogen and oxygen atoms in total. The van der Waals surface area contributed by atoms with E-state index in [-0.39, 0.29) is 11.6 Å². The molecule has 0 atom stereocenters. The first kappa shape index (κ1) is 16.0. The number of nitrogens with two attached hydrogens (primary N) is 1. The van der Waals surface area contributed by atoms with Crippen LogP contribution in [0.5, 0.6) is 5.88 Å². The fraction of sp³-hybridized carbons (Fsp3) is 0.733. The number of anilines is 1. The van der Waals surface area contributed by atoms with Gasteiger partial charge in [0.15, 0.2) is 5.82 Å². The summed E-state index contributed by atoms with van der Waals surface area (Å²) in [6.45, 7) is 12.9. The molecule has 2 heterocycles. The summed E-state index contributed by atoms with van der Waals surface area (Å²) in [4.78, 5) is 13.5. The summed E-state index contributed by atoms with van der Waals surface area (Å²) in [5, 5.41) is 0. The van der Waals surface area contributed by atoms with E-state index in [2.05, 4.69) is 33.6 Å². The van der Waals surface area contributed by atoms with E-state index in [0.717, 1.165) is 32.0 Å². The average Bonchev–Trinajstić information content (AvgIpc) is 2.47. The van der Waals surface area contributed by atoms with Gasteiger partial charge in [0.05, 0.1) is 18.5 Å². The van der Waals surface area contributed by atoms with E-state index < -0.39 is 0 Å². The maximum absolute atomic E-state index is 5.85.